The SMILES string of the molecule is CCn1nc(Br)c(CNC)n1. The zero-order valence-electron chi connectivity index (χ0n) is 6.63. The van der Waals surface area contributed by atoms with Crippen molar-refractivity contribution in [1.82, 2.24) is 20.3 Å². The van der Waals surface area contributed by atoms with Gasteiger partial charge in [-0.1, -0.05) is 0 Å². The molecule has 0 saturated heterocycles. The highest BCUT2D eigenvalue weighted by molar-refractivity contribution is 9.10. The first-order chi connectivity index (χ1) is 5.27. The molecule has 1 heterocycles. The van der Waals surface area contributed by atoms with Crippen LogP contribution < -0.4 is 5.32 Å². The average molecular weight is 219 g/mol. The second-order valence-corrected chi connectivity index (χ2v) is 2.91. The van der Waals surface area contributed by atoms with Gasteiger partial charge in [0.15, 0.2) is 4.60 Å². The number of hydrogen-bond donors (Lipinski definition) is 1. The molecular formula is C6H11BrN4. The van der Waals surface area contributed by atoms with Gasteiger partial charge in [-0.25, -0.2) is 0 Å². The van der Waals surface area contributed by atoms with Crippen LogP contribution in [0.5, 0.6) is 0 Å². The molecule has 0 radical (unpaired) electrons. The smallest absolute Gasteiger partial charge is 0.152 e. The topological polar surface area (TPSA) is 42.7 Å². The minimum atomic E-state index is 0.751. The van der Waals surface area contributed by atoms with Crippen LogP contribution in [0.2, 0.25) is 0 Å². The van der Waals surface area contributed by atoms with Crippen molar-refractivity contribution in [3.63, 3.8) is 0 Å². The first-order valence-corrected chi connectivity index (χ1v) is 4.31. The summed E-state index contributed by atoms with van der Waals surface area (Å²) in [6.45, 7) is 3.57. The Bertz CT molecular complexity index is 232. The fourth-order valence-electron chi connectivity index (χ4n) is 0.779. The predicted molar refractivity (Wildman–Crippen MR) is 46.2 cm³/mol. The molecule has 11 heavy (non-hydrogen) atoms. The Morgan fingerprint density at radius 1 is 1.55 bits per heavy atom. The van der Waals surface area contributed by atoms with Gasteiger partial charge in [0.05, 0.1) is 6.54 Å². The van der Waals surface area contributed by atoms with E-state index in [1.54, 1.807) is 4.80 Å². The van der Waals surface area contributed by atoms with E-state index in [0.29, 0.717) is 0 Å². The number of halogens is 1. The van der Waals surface area contributed by atoms with E-state index in [1.807, 2.05) is 14.0 Å². The summed E-state index contributed by atoms with van der Waals surface area (Å²) in [5.74, 6) is 0. The molecule has 1 rings (SSSR count). The molecule has 62 valence electrons. The van der Waals surface area contributed by atoms with E-state index >= 15 is 0 Å². The molecule has 1 aromatic heterocycles. The van der Waals surface area contributed by atoms with Gasteiger partial charge < -0.3 is 5.32 Å². The lowest BCUT2D eigenvalue weighted by Crippen LogP contribution is -2.07. The van der Waals surface area contributed by atoms with Crippen molar-refractivity contribution in [3.05, 3.63) is 10.3 Å². The van der Waals surface area contributed by atoms with Gasteiger partial charge in [0, 0.05) is 6.54 Å². The maximum Gasteiger partial charge on any atom is 0.152 e. The second-order valence-electron chi connectivity index (χ2n) is 2.16. The minimum absolute atomic E-state index is 0.751. The fraction of sp³-hybridized carbons (Fsp3) is 0.667. The Balaban J connectivity index is 2.79. The van der Waals surface area contributed by atoms with Gasteiger partial charge in [0.2, 0.25) is 0 Å². The van der Waals surface area contributed by atoms with Crippen molar-refractivity contribution in [2.24, 2.45) is 0 Å². The Labute approximate surface area is 74.1 Å². The minimum Gasteiger partial charge on any atom is -0.314 e. The zero-order chi connectivity index (χ0) is 8.27. The Hall–Kier alpha value is -0.420. The number of aromatic nitrogens is 3. The predicted octanol–water partition coefficient (Wildman–Crippen LogP) is 0.780. The van der Waals surface area contributed by atoms with Crippen LogP contribution in [0, 0.1) is 0 Å². The molecule has 1 N–H and O–H groups in total. The van der Waals surface area contributed by atoms with Crippen LogP contribution in [-0.4, -0.2) is 22.0 Å². The van der Waals surface area contributed by atoms with E-state index < -0.39 is 0 Å². The fourth-order valence-corrected chi connectivity index (χ4v) is 1.18. The molecule has 0 spiro atoms. The molecule has 0 saturated carbocycles. The first-order valence-electron chi connectivity index (χ1n) is 3.52. The lowest BCUT2D eigenvalue weighted by Gasteiger charge is -1.91. The standard InChI is InChI=1S/C6H11BrN4/c1-3-11-9-5(4-8-2)6(7)10-11/h8H,3-4H2,1-2H3. The summed E-state index contributed by atoms with van der Waals surface area (Å²) >= 11 is 3.32. The molecule has 0 aliphatic rings. The van der Waals surface area contributed by atoms with E-state index in [9.17, 15) is 0 Å². The van der Waals surface area contributed by atoms with Crippen LogP contribution in [0.3, 0.4) is 0 Å². The van der Waals surface area contributed by atoms with Crippen LogP contribution in [0.25, 0.3) is 0 Å². The van der Waals surface area contributed by atoms with E-state index in [2.05, 4.69) is 31.4 Å². The molecule has 0 atom stereocenters. The van der Waals surface area contributed by atoms with Crippen molar-refractivity contribution in [1.29, 1.82) is 0 Å². The summed E-state index contributed by atoms with van der Waals surface area (Å²) in [6, 6.07) is 0. The van der Waals surface area contributed by atoms with Gasteiger partial charge >= 0.3 is 0 Å². The zero-order valence-corrected chi connectivity index (χ0v) is 8.22. The number of aryl methyl sites for hydroxylation is 1. The maximum absolute atomic E-state index is 4.21. The van der Waals surface area contributed by atoms with Gasteiger partial charge in [0.25, 0.3) is 0 Å². The van der Waals surface area contributed by atoms with Crippen molar-refractivity contribution < 1.29 is 0 Å². The first kappa shape index (κ1) is 8.67. The summed E-state index contributed by atoms with van der Waals surface area (Å²) in [5.41, 5.74) is 0.953. The normalized spacial score (nSPS) is 10.5. The lowest BCUT2D eigenvalue weighted by molar-refractivity contribution is 0.559. The number of hydrogen-bond acceptors (Lipinski definition) is 3. The van der Waals surface area contributed by atoms with Gasteiger partial charge in [-0.3, -0.25) is 0 Å². The van der Waals surface area contributed by atoms with Crippen LogP contribution >= 0.6 is 15.9 Å². The monoisotopic (exact) mass is 218 g/mol. The lowest BCUT2D eigenvalue weighted by atomic mass is 10.5. The highest BCUT2D eigenvalue weighted by atomic mass is 79.9. The summed E-state index contributed by atoms with van der Waals surface area (Å²) in [5, 5.41) is 11.4. The third kappa shape index (κ3) is 2.00. The molecular weight excluding hydrogens is 208 g/mol. The number of nitrogens with zero attached hydrogens (tertiary/aromatic N) is 3. The summed E-state index contributed by atoms with van der Waals surface area (Å²) in [4.78, 5) is 1.66. The van der Waals surface area contributed by atoms with Crippen LogP contribution in [0.1, 0.15) is 12.6 Å². The maximum atomic E-state index is 4.21. The van der Waals surface area contributed by atoms with Gasteiger partial charge in [-0.2, -0.15) is 9.90 Å². The summed E-state index contributed by atoms with van der Waals surface area (Å²) < 4.78 is 0.828. The van der Waals surface area contributed by atoms with Crippen LogP contribution in [0.15, 0.2) is 4.60 Å². The molecule has 0 aliphatic heterocycles. The Morgan fingerprint density at radius 2 is 2.27 bits per heavy atom. The molecule has 0 aliphatic carbocycles. The second kappa shape index (κ2) is 3.82. The molecule has 5 heteroatoms. The molecule has 1 aromatic rings. The quantitative estimate of drug-likeness (QED) is 0.816. The summed E-state index contributed by atoms with van der Waals surface area (Å²) in [6.07, 6.45) is 0. The van der Waals surface area contributed by atoms with E-state index in [4.69, 9.17) is 0 Å². The van der Waals surface area contributed by atoms with E-state index in [1.165, 1.54) is 0 Å². The van der Waals surface area contributed by atoms with E-state index in [0.717, 1.165) is 23.4 Å². The molecule has 0 aromatic carbocycles. The van der Waals surface area contributed by atoms with Crippen LogP contribution in [0.4, 0.5) is 0 Å². The van der Waals surface area contributed by atoms with Crippen molar-refractivity contribution in [2.45, 2.75) is 20.0 Å². The third-order valence-corrected chi connectivity index (χ3v) is 1.92. The largest absolute Gasteiger partial charge is 0.314 e. The Kier molecular flexibility index (Phi) is 3.02. The molecule has 0 fully saturated rings. The van der Waals surface area contributed by atoms with Crippen molar-refractivity contribution in [3.8, 4) is 0 Å². The molecule has 0 amide bonds. The van der Waals surface area contributed by atoms with E-state index in [-0.39, 0.29) is 0 Å². The van der Waals surface area contributed by atoms with Crippen LogP contribution in [-0.2, 0) is 13.1 Å². The van der Waals surface area contributed by atoms with Crippen molar-refractivity contribution >= 4 is 15.9 Å². The highest BCUT2D eigenvalue weighted by Crippen LogP contribution is 2.09. The molecule has 0 bridgehead atoms. The molecule has 0 unspecified atom stereocenters. The Morgan fingerprint density at radius 3 is 2.73 bits per heavy atom. The third-order valence-electron chi connectivity index (χ3n) is 1.30. The van der Waals surface area contributed by atoms with Gasteiger partial charge in [0.1, 0.15) is 5.69 Å². The average Bonchev–Trinajstić information content (AvgIpc) is 2.33. The van der Waals surface area contributed by atoms with Crippen molar-refractivity contribution in [2.75, 3.05) is 7.05 Å². The number of nitrogens with one attached hydrogen (secondary N) is 1. The molecule has 4 nitrogen and oxygen atoms in total. The number of rotatable bonds is 3. The highest BCUT2D eigenvalue weighted by Gasteiger charge is 2.04. The van der Waals surface area contributed by atoms with Gasteiger partial charge in [-0.05, 0) is 29.9 Å². The summed E-state index contributed by atoms with van der Waals surface area (Å²) in [7, 11) is 1.89. The van der Waals surface area contributed by atoms with Gasteiger partial charge in [-0.15, -0.1) is 5.10 Å².